The van der Waals surface area contributed by atoms with E-state index in [1.54, 1.807) is 8.61 Å². The molecule has 0 saturated carbocycles. The topological polar surface area (TPSA) is 52.7 Å². The molecule has 0 aromatic heterocycles. The smallest absolute Gasteiger partial charge is 0.281 e. The Labute approximate surface area is 123 Å². The first-order valence-corrected chi connectivity index (χ1v) is 9.33. The highest BCUT2D eigenvalue weighted by Crippen LogP contribution is 2.24. The van der Waals surface area contributed by atoms with Crippen molar-refractivity contribution >= 4 is 10.2 Å². The number of piperidine rings is 1. The van der Waals surface area contributed by atoms with E-state index in [4.69, 9.17) is 0 Å². The van der Waals surface area contributed by atoms with Gasteiger partial charge in [-0.25, -0.2) is 0 Å². The predicted octanol–water partition coefficient (Wildman–Crippen LogP) is 1.28. The number of hydrogen-bond acceptors (Lipinski definition) is 3. The highest BCUT2D eigenvalue weighted by molar-refractivity contribution is 7.86. The normalized spacial score (nSPS) is 31.1. The van der Waals surface area contributed by atoms with Gasteiger partial charge in [-0.05, 0) is 57.5 Å². The molecule has 0 aromatic carbocycles. The van der Waals surface area contributed by atoms with Crippen LogP contribution in [0.2, 0.25) is 0 Å². The second-order valence-electron chi connectivity index (χ2n) is 6.37. The van der Waals surface area contributed by atoms with Crippen molar-refractivity contribution in [3.8, 4) is 0 Å². The molecule has 2 heterocycles. The van der Waals surface area contributed by atoms with Crippen LogP contribution in [0, 0.1) is 11.8 Å². The number of nitrogens with one attached hydrogen (secondary N) is 1. The average Bonchev–Trinajstić information content (AvgIpc) is 2.65. The van der Waals surface area contributed by atoms with Gasteiger partial charge in [-0.3, -0.25) is 0 Å². The molecule has 2 aliphatic heterocycles. The quantitative estimate of drug-likeness (QED) is 0.851. The molecule has 20 heavy (non-hydrogen) atoms. The van der Waals surface area contributed by atoms with Crippen molar-refractivity contribution in [3.05, 3.63) is 0 Å². The van der Waals surface area contributed by atoms with Crippen molar-refractivity contribution in [3.63, 3.8) is 0 Å². The molecule has 2 unspecified atom stereocenters. The third kappa shape index (κ3) is 3.93. The minimum Gasteiger partial charge on any atom is -0.319 e. The van der Waals surface area contributed by atoms with Crippen LogP contribution in [0.4, 0.5) is 0 Å². The molecule has 2 saturated heterocycles. The Morgan fingerprint density at radius 2 is 1.75 bits per heavy atom. The highest BCUT2D eigenvalue weighted by atomic mass is 32.2. The highest BCUT2D eigenvalue weighted by Gasteiger charge is 2.34. The summed E-state index contributed by atoms with van der Waals surface area (Å²) in [5, 5.41) is 3.17. The molecule has 0 aliphatic carbocycles. The fourth-order valence-electron chi connectivity index (χ4n) is 3.32. The lowest BCUT2D eigenvalue weighted by atomic mass is 10.00. The molecular weight excluding hydrogens is 274 g/mol. The van der Waals surface area contributed by atoms with Gasteiger partial charge in [0.2, 0.25) is 0 Å². The summed E-state index contributed by atoms with van der Waals surface area (Å²) in [5.74, 6) is 1.10. The van der Waals surface area contributed by atoms with Crippen molar-refractivity contribution in [1.82, 2.24) is 13.9 Å². The predicted molar refractivity (Wildman–Crippen MR) is 81.7 cm³/mol. The summed E-state index contributed by atoms with van der Waals surface area (Å²) in [5.41, 5.74) is 0. The van der Waals surface area contributed by atoms with Gasteiger partial charge in [0.25, 0.3) is 10.2 Å². The van der Waals surface area contributed by atoms with E-state index in [0.717, 1.165) is 38.6 Å². The Hall–Kier alpha value is -0.170. The molecule has 2 atom stereocenters. The van der Waals surface area contributed by atoms with Gasteiger partial charge in [0.15, 0.2) is 0 Å². The molecule has 2 rings (SSSR count). The lowest BCUT2D eigenvalue weighted by Crippen LogP contribution is -2.49. The third-order valence-electron chi connectivity index (χ3n) is 4.60. The molecular formula is C14H29N3O2S. The van der Waals surface area contributed by atoms with Crippen LogP contribution in [0.5, 0.6) is 0 Å². The summed E-state index contributed by atoms with van der Waals surface area (Å²) >= 11 is 0. The Kier molecular flexibility index (Phi) is 5.84. The summed E-state index contributed by atoms with van der Waals surface area (Å²) in [6, 6.07) is 0. The lowest BCUT2D eigenvalue weighted by Gasteiger charge is -2.35. The Morgan fingerprint density at radius 1 is 1.05 bits per heavy atom. The van der Waals surface area contributed by atoms with Crippen LogP contribution >= 0.6 is 0 Å². The minimum absolute atomic E-state index is 0.453. The van der Waals surface area contributed by atoms with Gasteiger partial charge < -0.3 is 5.32 Å². The monoisotopic (exact) mass is 303 g/mol. The molecule has 0 amide bonds. The van der Waals surface area contributed by atoms with E-state index >= 15 is 0 Å². The van der Waals surface area contributed by atoms with E-state index in [-0.39, 0.29) is 0 Å². The maximum Gasteiger partial charge on any atom is 0.281 e. The Bertz CT molecular complexity index is 397. The molecule has 6 heteroatoms. The first-order valence-electron chi connectivity index (χ1n) is 7.94. The SMILES string of the molecule is CNCC1CCCN(S(=O)(=O)N2CCCC(C)CC2)C1. The molecule has 5 nitrogen and oxygen atoms in total. The van der Waals surface area contributed by atoms with Gasteiger partial charge in [0.1, 0.15) is 0 Å². The molecule has 0 spiro atoms. The Morgan fingerprint density at radius 3 is 2.50 bits per heavy atom. The zero-order valence-corrected chi connectivity index (χ0v) is 13.7. The van der Waals surface area contributed by atoms with Crippen molar-refractivity contribution in [1.29, 1.82) is 0 Å². The van der Waals surface area contributed by atoms with Gasteiger partial charge in [0, 0.05) is 26.2 Å². The minimum atomic E-state index is -3.24. The summed E-state index contributed by atoms with van der Waals surface area (Å²) in [6.07, 6.45) is 5.25. The van der Waals surface area contributed by atoms with Crippen LogP contribution in [-0.4, -0.2) is 56.8 Å². The van der Waals surface area contributed by atoms with Gasteiger partial charge >= 0.3 is 0 Å². The van der Waals surface area contributed by atoms with Gasteiger partial charge in [-0.15, -0.1) is 0 Å². The van der Waals surface area contributed by atoms with Crippen LogP contribution in [0.3, 0.4) is 0 Å². The Balaban J connectivity index is 2.01. The molecule has 0 aromatic rings. The van der Waals surface area contributed by atoms with E-state index in [1.807, 2.05) is 7.05 Å². The maximum atomic E-state index is 12.8. The fraction of sp³-hybridized carbons (Fsp3) is 1.00. The second kappa shape index (κ2) is 7.20. The number of nitrogens with zero attached hydrogens (tertiary/aromatic N) is 2. The molecule has 2 fully saturated rings. The van der Waals surface area contributed by atoms with Crippen LogP contribution in [0.15, 0.2) is 0 Å². The van der Waals surface area contributed by atoms with Crippen LogP contribution in [0.25, 0.3) is 0 Å². The third-order valence-corrected chi connectivity index (χ3v) is 6.60. The molecule has 2 aliphatic rings. The van der Waals surface area contributed by atoms with E-state index < -0.39 is 10.2 Å². The van der Waals surface area contributed by atoms with Crippen molar-refractivity contribution in [2.45, 2.75) is 39.0 Å². The summed E-state index contributed by atoms with van der Waals surface area (Å²) in [7, 11) is -1.31. The summed E-state index contributed by atoms with van der Waals surface area (Å²) in [4.78, 5) is 0. The van der Waals surface area contributed by atoms with Gasteiger partial charge in [-0.2, -0.15) is 17.0 Å². The number of hydrogen-bond donors (Lipinski definition) is 1. The van der Waals surface area contributed by atoms with Crippen LogP contribution < -0.4 is 5.32 Å². The fourth-order valence-corrected chi connectivity index (χ4v) is 5.10. The van der Waals surface area contributed by atoms with E-state index in [1.165, 1.54) is 0 Å². The molecule has 0 bridgehead atoms. The number of rotatable bonds is 4. The van der Waals surface area contributed by atoms with Crippen molar-refractivity contribution < 1.29 is 8.42 Å². The standard InChI is InChI=1S/C14H29N3O2S/c1-13-5-3-8-16(10-7-13)20(18,19)17-9-4-6-14(12-17)11-15-2/h13-15H,3-12H2,1-2H3. The first kappa shape index (κ1) is 16.2. The zero-order chi connectivity index (χ0) is 14.6. The van der Waals surface area contributed by atoms with Crippen LogP contribution in [-0.2, 0) is 10.2 Å². The largest absolute Gasteiger partial charge is 0.319 e. The van der Waals surface area contributed by atoms with E-state index in [9.17, 15) is 8.42 Å². The van der Waals surface area contributed by atoms with E-state index in [2.05, 4.69) is 12.2 Å². The molecule has 0 radical (unpaired) electrons. The molecule has 1 N–H and O–H groups in total. The van der Waals surface area contributed by atoms with Crippen LogP contribution in [0.1, 0.15) is 39.0 Å². The maximum absolute atomic E-state index is 12.8. The second-order valence-corrected chi connectivity index (χ2v) is 8.30. The zero-order valence-electron chi connectivity index (χ0n) is 12.8. The lowest BCUT2D eigenvalue weighted by molar-refractivity contribution is 0.244. The van der Waals surface area contributed by atoms with E-state index in [0.29, 0.717) is 38.0 Å². The van der Waals surface area contributed by atoms with Gasteiger partial charge in [-0.1, -0.05) is 6.92 Å². The molecule has 118 valence electrons. The van der Waals surface area contributed by atoms with Gasteiger partial charge in [0.05, 0.1) is 0 Å². The van der Waals surface area contributed by atoms with Crippen molar-refractivity contribution in [2.75, 3.05) is 39.8 Å². The summed E-state index contributed by atoms with van der Waals surface area (Å²) in [6.45, 7) is 5.88. The first-order chi connectivity index (χ1) is 9.54. The average molecular weight is 303 g/mol. The van der Waals surface area contributed by atoms with Crippen molar-refractivity contribution in [2.24, 2.45) is 11.8 Å². The summed E-state index contributed by atoms with van der Waals surface area (Å²) < 4.78 is 29.0.